The molecule has 8 heteroatoms. The third-order valence-electron chi connectivity index (χ3n) is 4.20. The van der Waals surface area contributed by atoms with Crippen LogP contribution in [0.15, 0.2) is 47.1 Å². The molecule has 29 heavy (non-hydrogen) atoms. The summed E-state index contributed by atoms with van der Waals surface area (Å²) >= 11 is 1.18. The number of benzene rings is 1. The maximum Gasteiger partial charge on any atom is 0.291 e. The maximum absolute atomic E-state index is 12.8. The number of hydrogen-bond acceptors (Lipinski definition) is 5. The van der Waals surface area contributed by atoms with Gasteiger partial charge in [-0.1, -0.05) is 13.0 Å². The number of nitrogens with one attached hydrogen (secondary N) is 3. The number of thiophene rings is 1. The van der Waals surface area contributed by atoms with Crippen LogP contribution in [-0.4, -0.2) is 17.7 Å². The molecule has 0 aliphatic carbocycles. The minimum absolute atomic E-state index is 0.0998. The van der Waals surface area contributed by atoms with Crippen molar-refractivity contribution < 1.29 is 18.8 Å². The van der Waals surface area contributed by atoms with Crippen molar-refractivity contribution in [2.45, 2.75) is 27.2 Å². The summed E-state index contributed by atoms with van der Waals surface area (Å²) in [7, 11) is 0. The van der Waals surface area contributed by atoms with Crippen molar-refractivity contribution in [2.75, 3.05) is 16.0 Å². The number of carbonyl (C=O) groups excluding carboxylic acids is 3. The molecule has 2 aromatic heterocycles. The van der Waals surface area contributed by atoms with E-state index in [0.29, 0.717) is 27.7 Å². The second kappa shape index (κ2) is 8.74. The van der Waals surface area contributed by atoms with Gasteiger partial charge in [-0.05, 0) is 55.3 Å². The lowest BCUT2D eigenvalue weighted by molar-refractivity contribution is -0.115. The second-order valence-corrected chi connectivity index (χ2v) is 7.49. The smallest absolute Gasteiger partial charge is 0.291 e. The zero-order chi connectivity index (χ0) is 21.0. The summed E-state index contributed by atoms with van der Waals surface area (Å²) in [5.41, 5.74) is 2.84. The van der Waals surface area contributed by atoms with Crippen molar-refractivity contribution >= 4 is 45.4 Å². The third-order valence-corrected chi connectivity index (χ3v) is 5.35. The first kappa shape index (κ1) is 20.3. The molecule has 0 atom stereocenters. The highest BCUT2D eigenvalue weighted by Gasteiger charge is 2.17. The number of rotatable bonds is 6. The highest BCUT2D eigenvalue weighted by molar-refractivity contribution is 7.18. The Morgan fingerprint density at radius 2 is 1.76 bits per heavy atom. The molecule has 3 rings (SSSR count). The van der Waals surface area contributed by atoms with Crippen LogP contribution in [0.4, 0.5) is 16.4 Å². The summed E-state index contributed by atoms with van der Waals surface area (Å²) in [6.07, 6.45) is 1.79. The van der Waals surface area contributed by atoms with Gasteiger partial charge in [0.25, 0.3) is 11.8 Å². The van der Waals surface area contributed by atoms with E-state index < -0.39 is 0 Å². The summed E-state index contributed by atoms with van der Waals surface area (Å²) in [5, 5.41) is 8.94. The summed E-state index contributed by atoms with van der Waals surface area (Å²) in [5.74, 6) is -0.563. The van der Waals surface area contributed by atoms with Crippen LogP contribution < -0.4 is 16.0 Å². The fourth-order valence-corrected chi connectivity index (χ4v) is 3.58. The van der Waals surface area contributed by atoms with E-state index in [1.54, 1.807) is 44.2 Å². The molecule has 1 aromatic carbocycles. The van der Waals surface area contributed by atoms with Crippen LogP contribution in [0, 0.1) is 13.8 Å². The van der Waals surface area contributed by atoms with Gasteiger partial charge in [-0.25, -0.2) is 0 Å². The minimum atomic E-state index is -0.376. The Balaban J connectivity index is 1.74. The molecule has 3 N–H and O–H groups in total. The van der Waals surface area contributed by atoms with Gasteiger partial charge in [0, 0.05) is 17.8 Å². The topological polar surface area (TPSA) is 100 Å². The zero-order valence-electron chi connectivity index (χ0n) is 16.3. The van der Waals surface area contributed by atoms with E-state index in [0.717, 1.165) is 11.1 Å². The number of anilines is 3. The Bertz CT molecular complexity index is 1050. The molecular formula is C21H21N3O4S. The van der Waals surface area contributed by atoms with Crippen molar-refractivity contribution in [2.24, 2.45) is 0 Å². The molecule has 0 bridgehead atoms. The molecule has 3 amide bonds. The average molecular weight is 411 g/mol. The first-order chi connectivity index (χ1) is 13.9. The fourth-order valence-electron chi connectivity index (χ4n) is 2.61. The molecular weight excluding hydrogens is 390 g/mol. The zero-order valence-corrected chi connectivity index (χ0v) is 17.1. The predicted octanol–water partition coefficient (Wildman–Crippen LogP) is 4.81. The largest absolute Gasteiger partial charge is 0.459 e. The van der Waals surface area contributed by atoms with Gasteiger partial charge < -0.3 is 20.4 Å². The highest BCUT2D eigenvalue weighted by atomic mass is 32.1. The molecule has 0 spiro atoms. The Labute approximate surface area is 172 Å². The first-order valence-electron chi connectivity index (χ1n) is 9.04. The number of aryl methyl sites for hydroxylation is 2. The van der Waals surface area contributed by atoms with Crippen molar-refractivity contribution in [1.29, 1.82) is 0 Å². The molecule has 0 saturated carbocycles. The van der Waals surface area contributed by atoms with Crippen LogP contribution >= 0.6 is 11.3 Å². The number of carbonyl (C=O) groups is 3. The van der Waals surface area contributed by atoms with Gasteiger partial charge in [0.05, 0.1) is 16.1 Å². The lowest BCUT2D eigenvalue weighted by atomic mass is 10.1. The molecule has 0 aliphatic rings. The summed E-state index contributed by atoms with van der Waals surface area (Å²) in [4.78, 5) is 37.0. The Hall–Kier alpha value is -3.39. The molecule has 0 radical (unpaired) electrons. The van der Waals surface area contributed by atoms with E-state index in [9.17, 15) is 14.4 Å². The van der Waals surface area contributed by atoms with E-state index in [-0.39, 0.29) is 23.5 Å². The van der Waals surface area contributed by atoms with E-state index in [1.807, 2.05) is 13.0 Å². The summed E-state index contributed by atoms with van der Waals surface area (Å²) in [6, 6.07) is 10.3. The molecule has 150 valence electrons. The lowest BCUT2D eigenvalue weighted by Gasteiger charge is -2.11. The van der Waals surface area contributed by atoms with E-state index >= 15 is 0 Å². The van der Waals surface area contributed by atoms with Gasteiger partial charge in [-0.3, -0.25) is 14.4 Å². The third kappa shape index (κ3) is 4.91. The monoisotopic (exact) mass is 411 g/mol. The van der Waals surface area contributed by atoms with E-state index in [2.05, 4.69) is 16.0 Å². The number of hydrogen-bond donors (Lipinski definition) is 3. The van der Waals surface area contributed by atoms with Gasteiger partial charge >= 0.3 is 0 Å². The summed E-state index contributed by atoms with van der Waals surface area (Å²) < 4.78 is 5.07. The van der Waals surface area contributed by atoms with Crippen molar-refractivity contribution in [3.8, 4) is 0 Å². The molecule has 3 aromatic rings. The molecule has 2 heterocycles. The van der Waals surface area contributed by atoms with Gasteiger partial charge in [0.1, 0.15) is 0 Å². The fraction of sp³-hybridized carbons (Fsp3) is 0.190. The Morgan fingerprint density at radius 1 is 0.966 bits per heavy atom. The van der Waals surface area contributed by atoms with Crippen LogP contribution in [-0.2, 0) is 4.79 Å². The number of furan rings is 1. The first-order valence-corrected chi connectivity index (χ1v) is 9.86. The Kier molecular flexibility index (Phi) is 6.13. The molecule has 0 saturated heterocycles. The average Bonchev–Trinajstić information content (AvgIpc) is 3.34. The van der Waals surface area contributed by atoms with Gasteiger partial charge in [-0.15, -0.1) is 11.3 Å². The molecule has 0 unspecified atom stereocenters. The standard InChI is InChI=1S/C21H21N3O4S/c1-4-17(25)22-14-8-7-12(2)15(11-14)23-21(27)19-13(3)10-18(29-19)24-20(26)16-6-5-9-28-16/h5-11H,4H2,1-3H3,(H,22,25)(H,23,27)(H,24,26). The van der Waals surface area contributed by atoms with Crippen LogP contribution in [0.1, 0.15) is 44.7 Å². The molecule has 7 nitrogen and oxygen atoms in total. The second-order valence-electron chi connectivity index (χ2n) is 6.44. The predicted molar refractivity (Wildman–Crippen MR) is 114 cm³/mol. The maximum atomic E-state index is 12.8. The SMILES string of the molecule is CCC(=O)Nc1ccc(C)c(NC(=O)c2sc(NC(=O)c3ccco3)cc2C)c1. The van der Waals surface area contributed by atoms with Crippen LogP contribution in [0.5, 0.6) is 0 Å². The quantitative estimate of drug-likeness (QED) is 0.542. The summed E-state index contributed by atoms with van der Waals surface area (Å²) in [6.45, 7) is 5.45. The Morgan fingerprint density at radius 3 is 2.45 bits per heavy atom. The van der Waals surface area contributed by atoms with Gasteiger partial charge in [0.15, 0.2) is 5.76 Å². The highest BCUT2D eigenvalue weighted by Crippen LogP contribution is 2.29. The van der Waals surface area contributed by atoms with Crippen LogP contribution in [0.25, 0.3) is 0 Å². The van der Waals surface area contributed by atoms with Crippen molar-refractivity contribution in [3.63, 3.8) is 0 Å². The van der Waals surface area contributed by atoms with Crippen molar-refractivity contribution in [3.05, 3.63) is 64.4 Å². The van der Waals surface area contributed by atoms with Crippen molar-refractivity contribution in [1.82, 2.24) is 0 Å². The van der Waals surface area contributed by atoms with Crippen LogP contribution in [0.2, 0.25) is 0 Å². The van der Waals surface area contributed by atoms with Gasteiger partial charge in [0.2, 0.25) is 5.91 Å². The minimum Gasteiger partial charge on any atom is -0.459 e. The van der Waals surface area contributed by atoms with Gasteiger partial charge in [-0.2, -0.15) is 0 Å². The number of amides is 3. The van der Waals surface area contributed by atoms with E-state index in [1.165, 1.54) is 17.6 Å². The molecule has 0 fully saturated rings. The van der Waals surface area contributed by atoms with E-state index in [4.69, 9.17) is 4.42 Å². The lowest BCUT2D eigenvalue weighted by Crippen LogP contribution is -2.14. The normalized spacial score (nSPS) is 10.4. The molecule has 0 aliphatic heterocycles. The van der Waals surface area contributed by atoms with Crippen LogP contribution in [0.3, 0.4) is 0 Å².